The van der Waals surface area contributed by atoms with Crippen molar-refractivity contribution in [3.8, 4) is 6.07 Å². The van der Waals surface area contributed by atoms with E-state index in [1.807, 2.05) is 13.8 Å². The summed E-state index contributed by atoms with van der Waals surface area (Å²) in [4.78, 5) is 0. The van der Waals surface area contributed by atoms with E-state index in [-0.39, 0.29) is 5.82 Å². The smallest absolute Gasteiger partial charge is 0.128 e. The molecule has 1 aromatic carbocycles. The number of hydrogen-bond donors (Lipinski definition) is 0. The third kappa shape index (κ3) is 1.63. The van der Waals surface area contributed by atoms with Crippen LogP contribution in [0.3, 0.4) is 0 Å². The average molecular weight is 191 g/mol. The second-order valence-electron chi connectivity index (χ2n) is 4.10. The molecule has 74 valence electrons. The largest absolute Gasteiger partial charge is 0.207 e. The Morgan fingerprint density at radius 2 is 1.86 bits per heavy atom. The molecule has 0 amide bonds. The van der Waals surface area contributed by atoms with Gasteiger partial charge in [0.1, 0.15) is 5.82 Å². The standard InChI is InChI=1S/C12H14FN/c1-8-5-6-10(13)11(9(8)2)12(3,4)7-14/h5-6H,1-4H3. The Morgan fingerprint density at radius 1 is 1.29 bits per heavy atom. The Labute approximate surface area is 84.2 Å². The molecule has 1 rings (SSSR count). The van der Waals surface area contributed by atoms with E-state index in [1.54, 1.807) is 19.9 Å². The minimum Gasteiger partial charge on any atom is -0.207 e. The number of nitriles is 1. The van der Waals surface area contributed by atoms with Crippen molar-refractivity contribution in [2.24, 2.45) is 0 Å². The molecule has 0 fully saturated rings. The summed E-state index contributed by atoms with van der Waals surface area (Å²) in [6.07, 6.45) is 0. The van der Waals surface area contributed by atoms with Crippen LogP contribution in [0.1, 0.15) is 30.5 Å². The molecule has 1 aromatic rings. The maximum absolute atomic E-state index is 13.6. The minimum atomic E-state index is -0.764. The van der Waals surface area contributed by atoms with E-state index in [2.05, 4.69) is 6.07 Å². The minimum absolute atomic E-state index is 0.292. The van der Waals surface area contributed by atoms with Gasteiger partial charge >= 0.3 is 0 Å². The fourth-order valence-electron chi connectivity index (χ4n) is 1.61. The van der Waals surface area contributed by atoms with Gasteiger partial charge in [0.2, 0.25) is 0 Å². The normalized spacial score (nSPS) is 11.1. The van der Waals surface area contributed by atoms with E-state index in [1.165, 1.54) is 6.07 Å². The summed E-state index contributed by atoms with van der Waals surface area (Å²) < 4.78 is 13.6. The van der Waals surface area contributed by atoms with Crippen LogP contribution in [0.4, 0.5) is 4.39 Å². The first-order valence-corrected chi connectivity index (χ1v) is 4.57. The fourth-order valence-corrected chi connectivity index (χ4v) is 1.61. The number of halogens is 1. The highest BCUT2D eigenvalue weighted by Gasteiger charge is 2.26. The molecule has 0 aliphatic rings. The van der Waals surface area contributed by atoms with Gasteiger partial charge in [-0.05, 0) is 44.9 Å². The van der Waals surface area contributed by atoms with Gasteiger partial charge in [-0.1, -0.05) is 6.07 Å². The van der Waals surface area contributed by atoms with Crippen LogP contribution in [0.2, 0.25) is 0 Å². The summed E-state index contributed by atoms with van der Waals surface area (Å²) in [5.41, 5.74) is 1.64. The number of benzene rings is 1. The van der Waals surface area contributed by atoms with E-state index < -0.39 is 5.41 Å². The van der Waals surface area contributed by atoms with Crippen LogP contribution in [-0.2, 0) is 5.41 Å². The summed E-state index contributed by atoms with van der Waals surface area (Å²) in [7, 11) is 0. The second-order valence-corrected chi connectivity index (χ2v) is 4.10. The summed E-state index contributed by atoms with van der Waals surface area (Å²) in [6, 6.07) is 5.29. The van der Waals surface area contributed by atoms with Gasteiger partial charge < -0.3 is 0 Å². The van der Waals surface area contributed by atoms with Crippen LogP contribution in [0.15, 0.2) is 12.1 Å². The van der Waals surface area contributed by atoms with Gasteiger partial charge in [-0.25, -0.2) is 4.39 Å². The quantitative estimate of drug-likeness (QED) is 0.668. The first-order valence-electron chi connectivity index (χ1n) is 4.57. The Bertz CT molecular complexity index is 400. The van der Waals surface area contributed by atoms with Gasteiger partial charge in [0.15, 0.2) is 0 Å². The topological polar surface area (TPSA) is 23.8 Å². The lowest BCUT2D eigenvalue weighted by molar-refractivity contribution is 0.560. The average Bonchev–Trinajstić information content (AvgIpc) is 2.12. The van der Waals surface area contributed by atoms with Crippen molar-refractivity contribution in [1.29, 1.82) is 5.26 Å². The van der Waals surface area contributed by atoms with Gasteiger partial charge in [0, 0.05) is 5.56 Å². The Kier molecular flexibility index (Phi) is 2.62. The number of nitrogens with zero attached hydrogens (tertiary/aromatic N) is 1. The predicted molar refractivity (Wildman–Crippen MR) is 54.5 cm³/mol. The van der Waals surface area contributed by atoms with Crippen molar-refractivity contribution >= 4 is 0 Å². The van der Waals surface area contributed by atoms with E-state index in [0.29, 0.717) is 5.56 Å². The van der Waals surface area contributed by atoms with Gasteiger partial charge in [-0.3, -0.25) is 0 Å². The Hall–Kier alpha value is -1.36. The molecule has 0 aliphatic carbocycles. The van der Waals surface area contributed by atoms with Crippen molar-refractivity contribution < 1.29 is 4.39 Å². The van der Waals surface area contributed by atoms with Crippen LogP contribution in [-0.4, -0.2) is 0 Å². The highest BCUT2D eigenvalue weighted by atomic mass is 19.1. The molecule has 0 aromatic heterocycles. The molecule has 0 saturated carbocycles. The Balaban J connectivity index is 3.49. The van der Waals surface area contributed by atoms with E-state index in [0.717, 1.165) is 11.1 Å². The summed E-state index contributed by atoms with van der Waals surface area (Å²) in [5, 5.41) is 8.97. The third-order valence-electron chi connectivity index (χ3n) is 2.59. The molecule has 0 atom stereocenters. The molecule has 0 radical (unpaired) electrons. The number of rotatable bonds is 1. The molecule has 14 heavy (non-hydrogen) atoms. The number of hydrogen-bond acceptors (Lipinski definition) is 1. The van der Waals surface area contributed by atoms with Crippen LogP contribution < -0.4 is 0 Å². The van der Waals surface area contributed by atoms with Crippen LogP contribution in [0, 0.1) is 31.0 Å². The lowest BCUT2D eigenvalue weighted by atomic mass is 9.82. The molecular weight excluding hydrogens is 177 g/mol. The van der Waals surface area contributed by atoms with E-state index in [9.17, 15) is 4.39 Å². The maximum Gasteiger partial charge on any atom is 0.128 e. The molecule has 0 aliphatic heterocycles. The zero-order valence-corrected chi connectivity index (χ0v) is 8.98. The molecule has 0 N–H and O–H groups in total. The highest BCUT2D eigenvalue weighted by Crippen LogP contribution is 2.29. The van der Waals surface area contributed by atoms with Crippen LogP contribution in [0.5, 0.6) is 0 Å². The van der Waals surface area contributed by atoms with Gasteiger partial charge in [0.05, 0.1) is 11.5 Å². The van der Waals surface area contributed by atoms with Crippen LogP contribution in [0.25, 0.3) is 0 Å². The monoisotopic (exact) mass is 191 g/mol. The van der Waals surface area contributed by atoms with Gasteiger partial charge in [-0.15, -0.1) is 0 Å². The summed E-state index contributed by atoms with van der Waals surface area (Å²) in [5.74, 6) is -0.292. The number of aryl methyl sites for hydroxylation is 1. The summed E-state index contributed by atoms with van der Waals surface area (Å²) in [6.45, 7) is 7.24. The first-order chi connectivity index (χ1) is 6.40. The zero-order valence-electron chi connectivity index (χ0n) is 8.98. The maximum atomic E-state index is 13.6. The van der Waals surface area contributed by atoms with Gasteiger partial charge in [0.25, 0.3) is 0 Å². The third-order valence-corrected chi connectivity index (χ3v) is 2.59. The van der Waals surface area contributed by atoms with Crippen molar-refractivity contribution in [2.75, 3.05) is 0 Å². The molecule has 0 bridgehead atoms. The van der Waals surface area contributed by atoms with Crippen molar-refractivity contribution in [2.45, 2.75) is 33.1 Å². The molecule has 0 heterocycles. The summed E-state index contributed by atoms with van der Waals surface area (Å²) >= 11 is 0. The lowest BCUT2D eigenvalue weighted by Gasteiger charge is -2.20. The molecule has 0 unspecified atom stereocenters. The molecule has 1 nitrogen and oxygen atoms in total. The highest BCUT2D eigenvalue weighted by molar-refractivity contribution is 5.42. The predicted octanol–water partition coefficient (Wildman–Crippen LogP) is 3.24. The molecule has 0 spiro atoms. The lowest BCUT2D eigenvalue weighted by Crippen LogP contribution is -2.18. The van der Waals surface area contributed by atoms with E-state index in [4.69, 9.17) is 5.26 Å². The first kappa shape index (κ1) is 10.7. The fraction of sp³-hybridized carbons (Fsp3) is 0.417. The molecule has 0 saturated heterocycles. The molecular formula is C12H14FN. The van der Waals surface area contributed by atoms with E-state index >= 15 is 0 Å². The SMILES string of the molecule is Cc1ccc(F)c(C(C)(C)C#N)c1C. The van der Waals surface area contributed by atoms with Crippen molar-refractivity contribution in [3.63, 3.8) is 0 Å². The molecule has 2 heteroatoms. The van der Waals surface area contributed by atoms with Crippen molar-refractivity contribution in [1.82, 2.24) is 0 Å². The van der Waals surface area contributed by atoms with Crippen molar-refractivity contribution in [3.05, 3.63) is 34.6 Å². The second kappa shape index (κ2) is 3.42. The van der Waals surface area contributed by atoms with Gasteiger partial charge in [-0.2, -0.15) is 5.26 Å². The Morgan fingerprint density at radius 3 is 2.36 bits per heavy atom. The van der Waals surface area contributed by atoms with Crippen LogP contribution >= 0.6 is 0 Å². The zero-order chi connectivity index (χ0) is 10.9.